The topological polar surface area (TPSA) is 64.3 Å². The molecule has 0 unspecified atom stereocenters. The molecular weight excluding hydrogens is 338 g/mol. The van der Waals surface area contributed by atoms with Gasteiger partial charge >= 0.3 is 0 Å². The molecule has 0 bridgehead atoms. The Morgan fingerprint density at radius 1 is 1.15 bits per heavy atom. The number of anilines is 1. The summed E-state index contributed by atoms with van der Waals surface area (Å²) >= 11 is 0. The van der Waals surface area contributed by atoms with Crippen LogP contribution >= 0.6 is 0 Å². The van der Waals surface area contributed by atoms with E-state index < -0.39 is 0 Å². The average Bonchev–Trinajstić information content (AvgIpc) is 3.01. The highest BCUT2D eigenvalue weighted by atomic mass is 16.1. The zero-order chi connectivity index (χ0) is 18.6. The number of hydrogen-bond donors (Lipinski definition) is 2. The third kappa shape index (κ3) is 3.80. The molecule has 140 valence electrons. The highest BCUT2D eigenvalue weighted by Gasteiger charge is 2.17. The Bertz CT molecular complexity index is 935. The van der Waals surface area contributed by atoms with Crippen LogP contribution in [0.25, 0.3) is 10.9 Å². The SMILES string of the molecule is CN1CCCN(c2ncccc2CNC(=O)c2c[nH]c3ccccc23)CC1. The number of hydrogen-bond acceptors (Lipinski definition) is 4. The van der Waals surface area contributed by atoms with Gasteiger partial charge in [0.2, 0.25) is 0 Å². The molecule has 1 aliphatic rings. The molecule has 6 nitrogen and oxygen atoms in total. The first-order valence-electron chi connectivity index (χ1n) is 9.44. The van der Waals surface area contributed by atoms with E-state index in [0.717, 1.165) is 54.9 Å². The molecule has 0 radical (unpaired) electrons. The first-order chi connectivity index (χ1) is 13.2. The van der Waals surface area contributed by atoms with Gasteiger partial charge in [-0.05, 0) is 32.1 Å². The van der Waals surface area contributed by atoms with Crippen LogP contribution in [-0.4, -0.2) is 54.0 Å². The quantitative estimate of drug-likeness (QED) is 0.748. The Morgan fingerprint density at radius 3 is 2.96 bits per heavy atom. The summed E-state index contributed by atoms with van der Waals surface area (Å²) in [5.74, 6) is 0.907. The first kappa shape index (κ1) is 17.5. The summed E-state index contributed by atoms with van der Waals surface area (Å²) in [6.07, 6.45) is 4.72. The van der Waals surface area contributed by atoms with Gasteiger partial charge in [-0.1, -0.05) is 24.3 Å². The molecule has 27 heavy (non-hydrogen) atoms. The predicted octanol–water partition coefficient (Wildman–Crippen LogP) is 2.63. The number of aromatic amines is 1. The second-order valence-electron chi connectivity index (χ2n) is 7.06. The number of rotatable bonds is 4. The number of carbonyl (C=O) groups is 1. The minimum Gasteiger partial charge on any atom is -0.360 e. The molecular formula is C21H25N5O. The molecule has 2 N–H and O–H groups in total. The lowest BCUT2D eigenvalue weighted by atomic mass is 10.1. The lowest BCUT2D eigenvalue weighted by Crippen LogP contribution is -2.31. The molecule has 3 aromatic rings. The van der Waals surface area contributed by atoms with Crippen molar-refractivity contribution in [3.8, 4) is 0 Å². The van der Waals surface area contributed by atoms with Gasteiger partial charge < -0.3 is 20.1 Å². The van der Waals surface area contributed by atoms with Crippen molar-refractivity contribution in [1.82, 2.24) is 20.2 Å². The number of nitrogens with zero attached hydrogens (tertiary/aromatic N) is 3. The van der Waals surface area contributed by atoms with Gasteiger partial charge in [-0.3, -0.25) is 4.79 Å². The van der Waals surface area contributed by atoms with Crippen LogP contribution in [0.3, 0.4) is 0 Å². The van der Waals surface area contributed by atoms with Gasteiger partial charge in [0.25, 0.3) is 5.91 Å². The lowest BCUT2D eigenvalue weighted by Gasteiger charge is -2.24. The van der Waals surface area contributed by atoms with Crippen LogP contribution in [-0.2, 0) is 6.54 Å². The zero-order valence-electron chi connectivity index (χ0n) is 15.6. The number of likely N-dealkylation sites (N-methyl/N-ethyl adjacent to an activating group) is 1. The van der Waals surface area contributed by atoms with Crippen molar-refractivity contribution < 1.29 is 4.79 Å². The van der Waals surface area contributed by atoms with Crippen molar-refractivity contribution in [2.75, 3.05) is 38.1 Å². The Labute approximate surface area is 159 Å². The van der Waals surface area contributed by atoms with E-state index in [-0.39, 0.29) is 5.91 Å². The van der Waals surface area contributed by atoms with E-state index in [1.165, 1.54) is 0 Å². The van der Waals surface area contributed by atoms with E-state index in [1.807, 2.05) is 42.6 Å². The van der Waals surface area contributed by atoms with Crippen LogP contribution in [0.2, 0.25) is 0 Å². The molecule has 1 aromatic carbocycles. The smallest absolute Gasteiger partial charge is 0.253 e. The van der Waals surface area contributed by atoms with Crippen LogP contribution in [0.15, 0.2) is 48.8 Å². The monoisotopic (exact) mass is 363 g/mol. The number of amides is 1. The fourth-order valence-corrected chi connectivity index (χ4v) is 3.64. The number of carbonyl (C=O) groups excluding carboxylic acids is 1. The number of para-hydroxylation sites is 1. The van der Waals surface area contributed by atoms with Gasteiger partial charge in [0, 0.05) is 55.0 Å². The number of H-pyrrole nitrogens is 1. The van der Waals surface area contributed by atoms with E-state index >= 15 is 0 Å². The van der Waals surface area contributed by atoms with Gasteiger partial charge in [0.15, 0.2) is 0 Å². The molecule has 4 rings (SSSR count). The van der Waals surface area contributed by atoms with Crippen molar-refractivity contribution in [2.24, 2.45) is 0 Å². The highest BCUT2D eigenvalue weighted by Crippen LogP contribution is 2.20. The summed E-state index contributed by atoms with van der Waals surface area (Å²) in [5.41, 5.74) is 2.70. The number of aromatic nitrogens is 2. The predicted molar refractivity (Wildman–Crippen MR) is 108 cm³/mol. The molecule has 0 aliphatic carbocycles. The van der Waals surface area contributed by atoms with Crippen molar-refractivity contribution in [2.45, 2.75) is 13.0 Å². The van der Waals surface area contributed by atoms with Gasteiger partial charge in [0.05, 0.1) is 5.56 Å². The van der Waals surface area contributed by atoms with Crippen LogP contribution < -0.4 is 10.2 Å². The molecule has 1 fully saturated rings. The Balaban J connectivity index is 1.49. The van der Waals surface area contributed by atoms with Crippen LogP contribution in [0.5, 0.6) is 0 Å². The molecule has 2 aromatic heterocycles. The van der Waals surface area contributed by atoms with Gasteiger partial charge in [0.1, 0.15) is 5.82 Å². The van der Waals surface area contributed by atoms with E-state index in [9.17, 15) is 4.79 Å². The fourth-order valence-electron chi connectivity index (χ4n) is 3.64. The summed E-state index contributed by atoms with van der Waals surface area (Å²) in [6, 6.07) is 11.8. The maximum absolute atomic E-state index is 12.7. The van der Waals surface area contributed by atoms with Crippen LogP contribution in [0.1, 0.15) is 22.3 Å². The maximum Gasteiger partial charge on any atom is 0.253 e. The molecule has 1 saturated heterocycles. The first-order valence-corrected chi connectivity index (χ1v) is 9.44. The summed E-state index contributed by atoms with van der Waals surface area (Å²) < 4.78 is 0. The fraction of sp³-hybridized carbons (Fsp3) is 0.333. The summed E-state index contributed by atoms with van der Waals surface area (Å²) in [6.45, 7) is 4.54. The minimum absolute atomic E-state index is 0.0714. The van der Waals surface area contributed by atoms with E-state index in [1.54, 1.807) is 6.20 Å². The van der Waals surface area contributed by atoms with Gasteiger partial charge in [-0.15, -0.1) is 0 Å². The van der Waals surface area contributed by atoms with Crippen LogP contribution in [0, 0.1) is 0 Å². The molecule has 0 saturated carbocycles. The average molecular weight is 363 g/mol. The third-order valence-electron chi connectivity index (χ3n) is 5.16. The van der Waals surface area contributed by atoms with Crippen molar-refractivity contribution in [1.29, 1.82) is 0 Å². The molecule has 1 aliphatic heterocycles. The number of pyridine rings is 1. The number of fused-ring (bicyclic) bond motifs is 1. The molecule has 1 amide bonds. The van der Waals surface area contributed by atoms with Crippen molar-refractivity contribution >= 4 is 22.6 Å². The van der Waals surface area contributed by atoms with Crippen molar-refractivity contribution in [3.05, 3.63) is 59.9 Å². The Hall–Kier alpha value is -2.86. The van der Waals surface area contributed by atoms with Crippen LogP contribution in [0.4, 0.5) is 5.82 Å². The molecule has 0 spiro atoms. The highest BCUT2D eigenvalue weighted by molar-refractivity contribution is 6.06. The minimum atomic E-state index is -0.0714. The number of nitrogens with one attached hydrogen (secondary N) is 2. The summed E-state index contributed by atoms with van der Waals surface area (Å²) in [5, 5.41) is 4.00. The van der Waals surface area contributed by atoms with Gasteiger partial charge in [-0.25, -0.2) is 4.98 Å². The van der Waals surface area contributed by atoms with E-state index in [4.69, 9.17) is 0 Å². The Morgan fingerprint density at radius 2 is 2.04 bits per heavy atom. The van der Waals surface area contributed by atoms with Crippen molar-refractivity contribution in [3.63, 3.8) is 0 Å². The third-order valence-corrected chi connectivity index (χ3v) is 5.16. The number of benzene rings is 1. The Kier molecular flexibility index (Phi) is 5.07. The standard InChI is InChI=1S/C21H25N5O/c1-25-10-5-11-26(13-12-25)20-16(6-4-9-22-20)14-24-21(27)18-15-23-19-8-3-2-7-17(18)19/h2-4,6-9,15,23H,5,10-14H2,1H3,(H,24,27). The molecule has 0 atom stereocenters. The molecule has 3 heterocycles. The van der Waals surface area contributed by atoms with Gasteiger partial charge in [-0.2, -0.15) is 0 Å². The molecule has 6 heteroatoms. The second-order valence-corrected chi connectivity index (χ2v) is 7.06. The van der Waals surface area contributed by atoms with E-state index in [2.05, 4.69) is 32.1 Å². The zero-order valence-corrected chi connectivity index (χ0v) is 15.6. The second kappa shape index (κ2) is 7.80. The normalized spacial score (nSPS) is 15.7. The lowest BCUT2D eigenvalue weighted by molar-refractivity contribution is 0.0952. The maximum atomic E-state index is 12.7. The summed E-state index contributed by atoms with van der Waals surface area (Å²) in [7, 11) is 2.16. The summed E-state index contributed by atoms with van der Waals surface area (Å²) in [4.78, 5) is 25.2. The van der Waals surface area contributed by atoms with E-state index in [0.29, 0.717) is 12.1 Å². The largest absolute Gasteiger partial charge is 0.360 e.